The number of hydrogen-bond donors (Lipinski definition) is 1. The van der Waals surface area contributed by atoms with E-state index >= 15 is 0 Å². The lowest BCUT2D eigenvalue weighted by Gasteiger charge is -2.05. The summed E-state index contributed by atoms with van der Waals surface area (Å²) >= 11 is 0. The van der Waals surface area contributed by atoms with Gasteiger partial charge >= 0.3 is 0 Å². The Balaban J connectivity index is 1.94. The molecule has 3 aromatic rings. The number of fused-ring (bicyclic) bond motifs is 1. The summed E-state index contributed by atoms with van der Waals surface area (Å²) < 4.78 is 7.25. The molecule has 22 heavy (non-hydrogen) atoms. The number of ether oxygens (including phenoxy) is 1. The van der Waals surface area contributed by atoms with E-state index in [1.807, 2.05) is 43.4 Å². The molecule has 1 heterocycles. The van der Waals surface area contributed by atoms with E-state index < -0.39 is 0 Å². The van der Waals surface area contributed by atoms with Crippen LogP contribution in [0.25, 0.3) is 10.9 Å². The Morgan fingerprint density at radius 1 is 1.14 bits per heavy atom. The van der Waals surface area contributed by atoms with Crippen LogP contribution in [0.5, 0.6) is 5.75 Å². The maximum atomic E-state index is 9.40. The van der Waals surface area contributed by atoms with Crippen LogP contribution in [-0.4, -0.2) is 22.6 Å². The van der Waals surface area contributed by atoms with E-state index in [1.165, 1.54) is 10.9 Å². The van der Waals surface area contributed by atoms with Crippen molar-refractivity contribution in [2.45, 2.75) is 6.42 Å². The molecular weight excluding hydrogens is 276 g/mol. The van der Waals surface area contributed by atoms with Crippen molar-refractivity contribution in [3.05, 3.63) is 65.9 Å². The molecule has 112 valence electrons. The number of nitrogens with zero attached hydrogens (tertiary/aromatic N) is 2. The van der Waals surface area contributed by atoms with Gasteiger partial charge in [-0.05, 0) is 41.5 Å². The predicted molar refractivity (Wildman–Crippen MR) is 87.9 cm³/mol. The van der Waals surface area contributed by atoms with E-state index in [0.29, 0.717) is 12.1 Å². The molecule has 0 aliphatic rings. The van der Waals surface area contributed by atoms with Crippen molar-refractivity contribution in [1.82, 2.24) is 4.57 Å². The van der Waals surface area contributed by atoms with Crippen LogP contribution >= 0.6 is 0 Å². The minimum atomic E-state index is 0.574. The Morgan fingerprint density at radius 2 is 1.86 bits per heavy atom. The van der Waals surface area contributed by atoms with Gasteiger partial charge in [-0.3, -0.25) is 0 Å². The van der Waals surface area contributed by atoms with Gasteiger partial charge in [-0.25, -0.2) is 0 Å². The molecule has 0 spiro atoms. The lowest BCUT2D eigenvalue weighted by Crippen LogP contribution is -2.05. The zero-order chi connectivity index (χ0) is 15.5. The average Bonchev–Trinajstić information content (AvgIpc) is 2.89. The van der Waals surface area contributed by atoms with Gasteiger partial charge in [0.1, 0.15) is 5.75 Å². The lowest BCUT2D eigenvalue weighted by atomic mass is 10.0. The second-order valence-electron chi connectivity index (χ2n) is 5.23. The number of benzene rings is 2. The second-order valence-corrected chi connectivity index (χ2v) is 5.23. The highest BCUT2D eigenvalue weighted by atomic mass is 16.5. The van der Waals surface area contributed by atoms with Crippen LogP contribution in [0.4, 0.5) is 0 Å². The molecule has 0 aliphatic heterocycles. The van der Waals surface area contributed by atoms with Crippen LogP contribution < -0.4 is 4.74 Å². The summed E-state index contributed by atoms with van der Waals surface area (Å²) in [6.07, 6.45) is 2.66. The number of aromatic nitrogens is 1. The summed E-state index contributed by atoms with van der Waals surface area (Å²) in [5.41, 5.74) is 3.83. The van der Waals surface area contributed by atoms with Crippen LogP contribution in [0, 0.1) is 0 Å². The molecule has 0 aliphatic carbocycles. The summed E-state index contributed by atoms with van der Waals surface area (Å²) in [5.74, 6) is 0.784. The Hall–Kier alpha value is -2.75. The van der Waals surface area contributed by atoms with Gasteiger partial charge in [0.25, 0.3) is 0 Å². The van der Waals surface area contributed by atoms with Gasteiger partial charge in [0.2, 0.25) is 0 Å². The van der Waals surface area contributed by atoms with Gasteiger partial charge in [0.15, 0.2) is 0 Å². The molecule has 4 nitrogen and oxygen atoms in total. The highest BCUT2D eigenvalue weighted by molar-refractivity contribution is 6.03. The smallest absolute Gasteiger partial charge is 0.118 e. The van der Waals surface area contributed by atoms with Crippen LogP contribution in [-0.2, 0) is 13.5 Å². The molecule has 0 atom stereocenters. The Kier molecular flexibility index (Phi) is 3.83. The molecule has 0 unspecified atom stereocenters. The first-order chi connectivity index (χ1) is 10.7. The number of oxime groups is 1. The van der Waals surface area contributed by atoms with Crippen LogP contribution in [0.2, 0.25) is 0 Å². The van der Waals surface area contributed by atoms with Gasteiger partial charge in [-0.2, -0.15) is 0 Å². The largest absolute Gasteiger partial charge is 0.497 e. The molecule has 0 amide bonds. The van der Waals surface area contributed by atoms with Gasteiger partial charge in [-0.1, -0.05) is 23.4 Å². The summed E-state index contributed by atoms with van der Waals surface area (Å²) in [6.45, 7) is 0. The normalized spacial score (nSPS) is 11.8. The molecular formula is C18H18N2O2. The average molecular weight is 294 g/mol. The molecule has 0 bridgehead atoms. The van der Waals surface area contributed by atoms with Crippen molar-refractivity contribution in [3.8, 4) is 5.75 Å². The summed E-state index contributed by atoms with van der Waals surface area (Å²) in [6, 6.07) is 15.8. The van der Waals surface area contributed by atoms with E-state index in [1.54, 1.807) is 7.11 Å². The third-order valence-corrected chi connectivity index (χ3v) is 3.88. The van der Waals surface area contributed by atoms with E-state index in [9.17, 15) is 5.21 Å². The third-order valence-electron chi connectivity index (χ3n) is 3.88. The van der Waals surface area contributed by atoms with Crippen molar-refractivity contribution in [2.75, 3.05) is 7.11 Å². The van der Waals surface area contributed by atoms with E-state index in [-0.39, 0.29) is 0 Å². The molecule has 1 N–H and O–H groups in total. The topological polar surface area (TPSA) is 46.8 Å². The molecule has 0 saturated carbocycles. The van der Waals surface area contributed by atoms with Gasteiger partial charge < -0.3 is 14.5 Å². The van der Waals surface area contributed by atoms with E-state index in [0.717, 1.165) is 16.9 Å². The van der Waals surface area contributed by atoms with Crippen molar-refractivity contribution >= 4 is 16.6 Å². The molecule has 2 aromatic carbocycles. The van der Waals surface area contributed by atoms with Gasteiger partial charge in [0.05, 0.1) is 12.8 Å². The van der Waals surface area contributed by atoms with Crippen LogP contribution in [0.15, 0.2) is 59.9 Å². The number of para-hydroxylation sites is 1. The van der Waals surface area contributed by atoms with Crippen molar-refractivity contribution in [2.24, 2.45) is 12.2 Å². The fourth-order valence-corrected chi connectivity index (χ4v) is 2.73. The summed E-state index contributed by atoms with van der Waals surface area (Å²) in [4.78, 5) is 0. The standard InChI is InChI=1S/C18H18N2O2/c1-20-12-14(16-5-3-4-6-18(16)20)11-17(19-21)13-7-9-15(22-2)10-8-13/h3-10,12,21H,11H2,1-2H3/b19-17+. The van der Waals surface area contributed by atoms with E-state index in [2.05, 4.69) is 28.1 Å². The Morgan fingerprint density at radius 3 is 2.55 bits per heavy atom. The lowest BCUT2D eigenvalue weighted by molar-refractivity contribution is 0.318. The SMILES string of the molecule is COc1ccc(/C(Cc2cn(C)c3ccccc23)=N/O)cc1. The molecule has 0 radical (unpaired) electrons. The summed E-state index contributed by atoms with van der Waals surface area (Å²) in [5, 5.41) is 14.1. The molecule has 0 fully saturated rings. The first-order valence-electron chi connectivity index (χ1n) is 7.11. The Labute approximate surface area is 129 Å². The molecule has 4 heteroatoms. The highest BCUT2D eigenvalue weighted by Gasteiger charge is 2.11. The number of rotatable bonds is 4. The first-order valence-corrected chi connectivity index (χ1v) is 7.11. The predicted octanol–water partition coefficient (Wildman–Crippen LogP) is 3.61. The number of aryl methyl sites for hydroxylation is 1. The van der Waals surface area contributed by atoms with Crippen LogP contribution in [0.1, 0.15) is 11.1 Å². The minimum Gasteiger partial charge on any atom is -0.497 e. The molecule has 1 aromatic heterocycles. The number of hydrogen-bond acceptors (Lipinski definition) is 3. The second kappa shape index (κ2) is 5.93. The van der Waals surface area contributed by atoms with Gasteiger partial charge in [0, 0.05) is 30.6 Å². The zero-order valence-corrected chi connectivity index (χ0v) is 12.7. The van der Waals surface area contributed by atoms with Crippen molar-refractivity contribution < 1.29 is 9.94 Å². The maximum Gasteiger partial charge on any atom is 0.118 e. The molecule has 3 rings (SSSR count). The van der Waals surface area contributed by atoms with E-state index in [4.69, 9.17) is 4.74 Å². The minimum absolute atomic E-state index is 0.574. The monoisotopic (exact) mass is 294 g/mol. The highest BCUT2D eigenvalue weighted by Crippen LogP contribution is 2.22. The summed E-state index contributed by atoms with van der Waals surface area (Å²) in [7, 11) is 3.65. The quantitative estimate of drug-likeness (QED) is 0.454. The van der Waals surface area contributed by atoms with Crippen molar-refractivity contribution in [3.63, 3.8) is 0 Å². The first kappa shape index (κ1) is 14.2. The maximum absolute atomic E-state index is 9.40. The molecule has 0 saturated heterocycles. The fraction of sp³-hybridized carbons (Fsp3) is 0.167. The van der Waals surface area contributed by atoms with Crippen molar-refractivity contribution in [1.29, 1.82) is 0 Å². The fourth-order valence-electron chi connectivity index (χ4n) is 2.73. The van der Waals surface area contributed by atoms with Crippen LogP contribution in [0.3, 0.4) is 0 Å². The third kappa shape index (κ3) is 2.55. The van der Waals surface area contributed by atoms with Gasteiger partial charge in [-0.15, -0.1) is 0 Å². The number of methoxy groups -OCH3 is 1. The Bertz CT molecular complexity index is 817. The zero-order valence-electron chi connectivity index (χ0n) is 12.7.